The van der Waals surface area contributed by atoms with Gasteiger partial charge in [0.15, 0.2) is 0 Å². The number of anilines is 1. The second-order valence-electron chi connectivity index (χ2n) is 7.51. The molecule has 6 heteroatoms. The molecule has 2 saturated heterocycles. The van der Waals surface area contributed by atoms with Crippen molar-refractivity contribution in [1.29, 1.82) is 0 Å². The molecular formula is C18H26N4O2. The number of carbonyl (C=O) groups excluding carboxylic acids is 1. The van der Waals surface area contributed by atoms with Crippen molar-refractivity contribution in [3.8, 4) is 0 Å². The Balaban J connectivity index is 1.50. The third kappa shape index (κ3) is 3.11. The van der Waals surface area contributed by atoms with Crippen molar-refractivity contribution in [1.82, 2.24) is 14.9 Å². The molecule has 4 rings (SSSR count). The van der Waals surface area contributed by atoms with Crippen molar-refractivity contribution in [2.45, 2.75) is 32.1 Å². The fraction of sp³-hybridized carbons (Fsp3) is 0.722. The average molecular weight is 330 g/mol. The van der Waals surface area contributed by atoms with Crippen molar-refractivity contribution in [2.75, 3.05) is 44.3 Å². The Morgan fingerprint density at radius 3 is 2.75 bits per heavy atom. The minimum absolute atomic E-state index is 0.00730. The van der Waals surface area contributed by atoms with E-state index in [2.05, 4.69) is 19.8 Å². The van der Waals surface area contributed by atoms with E-state index in [9.17, 15) is 4.79 Å². The van der Waals surface area contributed by atoms with Crippen LogP contribution >= 0.6 is 0 Å². The van der Waals surface area contributed by atoms with E-state index in [1.165, 1.54) is 6.42 Å². The van der Waals surface area contributed by atoms with Crippen LogP contribution in [0.3, 0.4) is 0 Å². The van der Waals surface area contributed by atoms with Gasteiger partial charge in [0.2, 0.25) is 11.9 Å². The zero-order chi connectivity index (χ0) is 16.4. The van der Waals surface area contributed by atoms with Crippen molar-refractivity contribution >= 4 is 11.9 Å². The summed E-state index contributed by atoms with van der Waals surface area (Å²) in [5, 5.41) is 0. The molecule has 1 saturated carbocycles. The summed E-state index contributed by atoms with van der Waals surface area (Å²) in [7, 11) is 0. The second-order valence-corrected chi connectivity index (χ2v) is 7.51. The van der Waals surface area contributed by atoms with Gasteiger partial charge in [0.25, 0.3) is 0 Å². The molecule has 1 aliphatic carbocycles. The standard InChI is InChI=1S/C18H26N4O2/c23-16(15-4-1-5-15)21-9-2-6-18(12-21)13-22(10-11-24-14-18)17-19-7-3-8-20-17/h3,7-8,15H,1-2,4-6,9-14H2. The van der Waals surface area contributed by atoms with Gasteiger partial charge in [0, 0.05) is 49.9 Å². The van der Waals surface area contributed by atoms with Gasteiger partial charge in [-0.1, -0.05) is 6.42 Å². The molecule has 130 valence electrons. The van der Waals surface area contributed by atoms with Gasteiger partial charge >= 0.3 is 0 Å². The summed E-state index contributed by atoms with van der Waals surface area (Å²) in [4.78, 5) is 25.8. The fourth-order valence-electron chi connectivity index (χ4n) is 4.17. The summed E-state index contributed by atoms with van der Waals surface area (Å²) in [6.45, 7) is 4.81. The molecule has 1 amide bonds. The molecule has 0 aromatic carbocycles. The number of hydrogen-bond acceptors (Lipinski definition) is 5. The minimum atomic E-state index is 0.00730. The number of likely N-dealkylation sites (tertiary alicyclic amines) is 1. The normalized spacial score (nSPS) is 28.5. The summed E-state index contributed by atoms with van der Waals surface area (Å²) < 4.78 is 5.93. The van der Waals surface area contributed by atoms with Crippen LogP contribution in [0.25, 0.3) is 0 Å². The quantitative estimate of drug-likeness (QED) is 0.826. The molecule has 1 aromatic rings. The maximum absolute atomic E-state index is 12.7. The Hall–Kier alpha value is -1.69. The summed E-state index contributed by atoms with van der Waals surface area (Å²) in [6.07, 6.45) is 9.08. The van der Waals surface area contributed by atoms with E-state index in [-0.39, 0.29) is 11.3 Å². The lowest BCUT2D eigenvalue weighted by molar-refractivity contribution is -0.142. The number of amides is 1. The third-order valence-electron chi connectivity index (χ3n) is 5.70. The van der Waals surface area contributed by atoms with Gasteiger partial charge < -0.3 is 14.5 Å². The van der Waals surface area contributed by atoms with Crippen LogP contribution in [0.4, 0.5) is 5.95 Å². The Bertz CT molecular complexity index is 578. The lowest BCUT2D eigenvalue weighted by atomic mass is 9.78. The molecular weight excluding hydrogens is 304 g/mol. The molecule has 0 radical (unpaired) electrons. The van der Waals surface area contributed by atoms with E-state index in [1.807, 2.05) is 6.07 Å². The fourth-order valence-corrected chi connectivity index (χ4v) is 4.17. The van der Waals surface area contributed by atoms with Crippen LogP contribution in [-0.2, 0) is 9.53 Å². The summed E-state index contributed by atoms with van der Waals surface area (Å²) in [5.41, 5.74) is 0.00730. The highest BCUT2D eigenvalue weighted by Crippen LogP contribution is 2.36. The van der Waals surface area contributed by atoms with Crippen LogP contribution in [0.5, 0.6) is 0 Å². The van der Waals surface area contributed by atoms with Crippen LogP contribution in [0, 0.1) is 11.3 Å². The topological polar surface area (TPSA) is 58.6 Å². The zero-order valence-corrected chi connectivity index (χ0v) is 14.2. The van der Waals surface area contributed by atoms with E-state index < -0.39 is 0 Å². The van der Waals surface area contributed by atoms with Gasteiger partial charge in [-0.2, -0.15) is 0 Å². The molecule has 24 heavy (non-hydrogen) atoms. The van der Waals surface area contributed by atoms with E-state index in [0.717, 1.165) is 64.4 Å². The van der Waals surface area contributed by atoms with E-state index >= 15 is 0 Å². The number of aromatic nitrogens is 2. The number of carbonyl (C=O) groups is 1. The molecule has 2 aliphatic heterocycles. The molecule has 0 bridgehead atoms. The van der Waals surface area contributed by atoms with Crippen LogP contribution in [0.2, 0.25) is 0 Å². The highest BCUT2D eigenvalue weighted by atomic mass is 16.5. The number of hydrogen-bond donors (Lipinski definition) is 0. The molecule has 3 heterocycles. The smallest absolute Gasteiger partial charge is 0.225 e. The van der Waals surface area contributed by atoms with Gasteiger partial charge in [-0.25, -0.2) is 9.97 Å². The first-order valence-electron chi connectivity index (χ1n) is 9.14. The van der Waals surface area contributed by atoms with Gasteiger partial charge in [-0.3, -0.25) is 4.79 Å². The Kier molecular flexibility index (Phi) is 4.39. The van der Waals surface area contributed by atoms with Crippen LogP contribution in [0.15, 0.2) is 18.5 Å². The maximum atomic E-state index is 12.7. The predicted molar refractivity (Wildman–Crippen MR) is 90.7 cm³/mol. The van der Waals surface area contributed by atoms with Gasteiger partial charge in [-0.05, 0) is 31.7 Å². The first kappa shape index (κ1) is 15.8. The molecule has 0 N–H and O–H groups in total. The van der Waals surface area contributed by atoms with E-state index in [4.69, 9.17) is 4.74 Å². The zero-order valence-electron chi connectivity index (χ0n) is 14.2. The lowest BCUT2D eigenvalue weighted by Gasteiger charge is -2.45. The monoisotopic (exact) mass is 330 g/mol. The van der Waals surface area contributed by atoms with Crippen LogP contribution < -0.4 is 4.90 Å². The molecule has 3 fully saturated rings. The highest BCUT2D eigenvalue weighted by molar-refractivity contribution is 5.79. The highest BCUT2D eigenvalue weighted by Gasteiger charge is 2.42. The number of ether oxygens (including phenoxy) is 1. The van der Waals surface area contributed by atoms with Gasteiger partial charge in [0.1, 0.15) is 0 Å². The van der Waals surface area contributed by atoms with E-state index in [1.54, 1.807) is 12.4 Å². The maximum Gasteiger partial charge on any atom is 0.225 e. The number of piperidine rings is 1. The predicted octanol–water partition coefficient (Wildman–Crippen LogP) is 1.72. The van der Waals surface area contributed by atoms with Crippen molar-refractivity contribution in [2.24, 2.45) is 11.3 Å². The van der Waals surface area contributed by atoms with Crippen molar-refractivity contribution < 1.29 is 9.53 Å². The number of nitrogens with zero attached hydrogens (tertiary/aromatic N) is 4. The van der Waals surface area contributed by atoms with Crippen molar-refractivity contribution in [3.05, 3.63) is 18.5 Å². The SMILES string of the molecule is O=C(C1CCC1)N1CCCC2(COCCN(c3ncccn3)C2)C1. The second kappa shape index (κ2) is 6.67. The van der Waals surface area contributed by atoms with Crippen molar-refractivity contribution in [3.63, 3.8) is 0 Å². The van der Waals surface area contributed by atoms with Crippen LogP contribution in [0.1, 0.15) is 32.1 Å². The Labute approximate surface area is 143 Å². The first-order valence-corrected chi connectivity index (χ1v) is 9.14. The molecule has 1 aromatic heterocycles. The largest absolute Gasteiger partial charge is 0.379 e. The van der Waals surface area contributed by atoms with E-state index in [0.29, 0.717) is 12.5 Å². The average Bonchev–Trinajstić information content (AvgIpc) is 2.77. The van der Waals surface area contributed by atoms with Gasteiger partial charge in [-0.15, -0.1) is 0 Å². The molecule has 1 spiro atoms. The Morgan fingerprint density at radius 1 is 1.17 bits per heavy atom. The molecule has 3 aliphatic rings. The summed E-state index contributed by atoms with van der Waals surface area (Å²) in [6, 6.07) is 1.84. The molecule has 1 unspecified atom stereocenters. The van der Waals surface area contributed by atoms with Crippen LogP contribution in [-0.4, -0.2) is 60.2 Å². The van der Waals surface area contributed by atoms with Gasteiger partial charge in [0.05, 0.1) is 13.2 Å². The Morgan fingerprint density at radius 2 is 2.00 bits per heavy atom. The third-order valence-corrected chi connectivity index (χ3v) is 5.70. The molecule has 6 nitrogen and oxygen atoms in total. The lowest BCUT2D eigenvalue weighted by Crippen LogP contribution is -2.54. The summed E-state index contributed by atoms with van der Waals surface area (Å²) in [5.74, 6) is 1.41. The first-order chi connectivity index (χ1) is 11.8. The number of rotatable bonds is 2. The minimum Gasteiger partial charge on any atom is -0.379 e. The molecule has 1 atom stereocenters. The summed E-state index contributed by atoms with van der Waals surface area (Å²) >= 11 is 0.